The van der Waals surface area contributed by atoms with E-state index >= 15 is 0 Å². The molecule has 0 unspecified atom stereocenters. The second-order valence-corrected chi connectivity index (χ2v) is 8.34. The molecule has 0 saturated heterocycles. The van der Waals surface area contributed by atoms with Crippen LogP contribution in [-0.2, 0) is 11.3 Å². The summed E-state index contributed by atoms with van der Waals surface area (Å²) < 4.78 is 6.91. The lowest BCUT2D eigenvalue weighted by atomic mass is 10.0. The van der Waals surface area contributed by atoms with Crippen LogP contribution in [0.5, 0.6) is 0 Å². The molecule has 9 heteroatoms. The van der Waals surface area contributed by atoms with E-state index in [4.69, 9.17) is 10.3 Å². The standard InChI is InChI=1S/C23H24N6O2S/c1-14(2)15-9-11-17(12-10-15)25-18(30)13-29-20(24)19(23(27-29)32-3)22-26-21(28-31-22)16-7-5-4-6-8-16/h4-12,14H,13,24H2,1-3H3,(H,25,30). The van der Waals surface area contributed by atoms with Crippen molar-refractivity contribution < 1.29 is 9.32 Å². The van der Waals surface area contributed by atoms with Crippen LogP contribution in [0.25, 0.3) is 22.8 Å². The fraction of sp³-hybridized carbons (Fsp3) is 0.217. The average Bonchev–Trinajstić information content (AvgIpc) is 3.39. The van der Waals surface area contributed by atoms with Crippen LogP contribution in [0.15, 0.2) is 64.1 Å². The Hall–Kier alpha value is -3.59. The molecule has 0 radical (unpaired) electrons. The van der Waals surface area contributed by atoms with Gasteiger partial charge in [-0.2, -0.15) is 10.1 Å². The number of carbonyl (C=O) groups excluding carboxylic acids is 1. The summed E-state index contributed by atoms with van der Waals surface area (Å²) in [6, 6.07) is 17.3. The molecule has 0 spiro atoms. The van der Waals surface area contributed by atoms with Crippen molar-refractivity contribution in [3.05, 3.63) is 60.2 Å². The number of benzene rings is 2. The van der Waals surface area contributed by atoms with Crippen LogP contribution in [0.3, 0.4) is 0 Å². The molecule has 2 aromatic carbocycles. The van der Waals surface area contributed by atoms with Crippen molar-refractivity contribution in [3.63, 3.8) is 0 Å². The van der Waals surface area contributed by atoms with Gasteiger partial charge in [0.2, 0.25) is 11.7 Å². The first-order valence-corrected chi connectivity index (χ1v) is 11.4. The molecule has 4 rings (SSSR count). The van der Waals surface area contributed by atoms with Gasteiger partial charge in [0, 0.05) is 11.3 Å². The number of thioether (sulfide) groups is 1. The molecule has 1 amide bonds. The largest absolute Gasteiger partial charge is 0.383 e. The van der Waals surface area contributed by atoms with Crippen molar-refractivity contribution in [3.8, 4) is 22.8 Å². The number of rotatable bonds is 7. The summed E-state index contributed by atoms with van der Waals surface area (Å²) in [5.41, 5.74) is 9.63. The van der Waals surface area contributed by atoms with Crippen molar-refractivity contribution in [2.24, 2.45) is 0 Å². The molecule has 0 aliphatic carbocycles. The van der Waals surface area contributed by atoms with Crippen molar-refractivity contribution in [2.45, 2.75) is 31.3 Å². The van der Waals surface area contributed by atoms with Crippen LogP contribution >= 0.6 is 11.8 Å². The van der Waals surface area contributed by atoms with E-state index in [9.17, 15) is 4.79 Å². The third-order valence-corrected chi connectivity index (χ3v) is 5.65. The Balaban J connectivity index is 1.54. The van der Waals surface area contributed by atoms with Gasteiger partial charge in [0.05, 0.1) is 0 Å². The van der Waals surface area contributed by atoms with Crippen molar-refractivity contribution in [1.82, 2.24) is 19.9 Å². The average molecular weight is 449 g/mol. The fourth-order valence-corrected chi connectivity index (χ4v) is 3.81. The summed E-state index contributed by atoms with van der Waals surface area (Å²) in [5.74, 6) is 1.22. The minimum atomic E-state index is -0.230. The first-order chi connectivity index (χ1) is 15.5. The van der Waals surface area contributed by atoms with Gasteiger partial charge in [-0.05, 0) is 29.9 Å². The molecule has 0 bridgehead atoms. The maximum Gasteiger partial charge on any atom is 0.264 e. The van der Waals surface area contributed by atoms with Crippen molar-refractivity contribution in [2.75, 3.05) is 17.3 Å². The number of hydrogen-bond acceptors (Lipinski definition) is 7. The molecule has 8 nitrogen and oxygen atoms in total. The number of nitrogens with two attached hydrogens (primary N) is 1. The number of nitrogen functional groups attached to an aromatic ring is 1. The second kappa shape index (κ2) is 9.27. The highest BCUT2D eigenvalue weighted by Crippen LogP contribution is 2.34. The Bertz CT molecular complexity index is 1220. The Morgan fingerprint density at radius 1 is 1.16 bits per heavy atom. The van der Waals surface area contributed by atoms with Gasteiger partial charge < -0.3 is 15.6 Å². The lowest BCUT2D eigenvalue weighted by Gasteiger charge is -2.09. The quantitative estimate of drug-likeness (QED) is 0.395. The summed E-state index contributed by atoms with van der Waals surface area (Å²) in [7, 11) is 0. The van der Waals surface area contributed by atoms with Crippen LogP contribution < -0.4 is 11.1 Å². The number of anilines is 2. The summed E-state index contributed by atoms with van der Waals surface area (Å²) in [6.07, 6.45) is 1.88. The van der Waals surface area contributed by atoms with Gasteiger partial charge in [-0.1, -0.05) is 61.5 Å². The second-order valence-electron chi connectivity index (χ2n) is 7.54. The summed E-state index contributed by atoms with van der Waals surface area (Å²) >= 11 is 1.39. The highest BCUT2D eigenvalue weighted by Gasteiger charge is 2.23. The van der Waals surface area contributed by atoms with Gasteiger partial charge in [-0.25, -0.2) is 4.68 Å². The van der Waals surface area contributed by atoms with Gasteiger partial charge in [-0.15, -0.1) is 11.8 Å². The molecule has 4 aromatic rings. The van der Waals surface area contributed by atoms with Gasteiger partial charge in [0.1, 0.15) is 23.0 Å². The molecule has 2 heterocycles. The molecule has 0 fully saturated rings. The first kappa shape index (κ1) is 21.6. The van der Waals surface area contributed by atoms with Gasteiger partial charge >= 0.3 is 0 Å². The molecule has 0 aliphatic rings. The molecular formula is C23H24N6O2S. The predicted molar refractivity (Wildman–Crippen MR) is 126 cm³/mol. The monoisotopic (exact) mass is 448 g/mol. The Labute approximate surface area is 190 Å². The van der Waals surface area contributed by atoms with E-state index in [1.165, 1.54) is 22.0 Å². The van der Waals surface area contributed by atoms with E-state index in [1.807, 2.05) is 60.9 Å². The first-order valence-electron chi connectivity index (χ1n) is 10.2. The molecule has 32 heavy (non-hydrogen) atoms. The summed E-state index contributed by atoms with van der Waals surface area (Å²) in [4.78, 5) is 17.1. The highest BCUT2D eigenvalue weighted by atomic mass is 32.2. The van der Waals surface area contributed by atoms with Crippen LogP contribution in [0, 0.1) is 0 Å². The Kier molecular flexibility index (Phi) is 6.27. The van der Waals surface area contributed by atoms with Crippen LogP contribution in [-0.4, -0.2) is 32.1 Å². The normalized spacial score (nSPS) is 11.1. The van der Waals surface area contributed by atoms with E-state index in [1.54, 1.807) is 0 Å². The van der Waals surface area contributed by atoms with E-state index in [0.29, 0.717) is 28.1 Å². The number of hydrogen-bond donors (Lipinski definition) is 2. The highest BCUT2D eigenvalue weighted by molar-refractivity contribution is 7.98. The number of carbonyl (C=O) groups is 1. The molecule has 0 atom stereocenters. The topological polar surface area (TPSA) is 112 Å². The summed E-state index contributed by atoms with van der Waals surface area (Å²) in [6.45, 7) is 4.22. The predicted octanol–water partition coefficient (Wildman–Crippen LogP) is 4.67. The SMILES string of the molecule is CSc1nn(CC(=O)Nc2ccc(C(C)C)cc2)c(N)c1-c1nc(-c2ccccc2)no1. The zero-order valence-corrected chi connectivity index (χ0v) is 18.9. The Morgan fingerprint density at radius 2 is 1.88 bits per heavy atom. The van der Waals surface area contributed by atoms with Crippen LogP contribution in [0.1, 0.15) is 25.3 Å². The van der Waals surface area contributed by atoms with Gasteiger partial charge in [-0.3, -0.25) is 4.79 Å². The third kappa shape index (κ3) is 4.52. The number of nitrogens with zero attached hydrogens (tertiary/aromatic N) is 4. The van der Waals surface area contributed by atoms with Crippen molar-refractivity contribution in [1.29, 1.82) is 0 Å². The number of aromatic nitrogens is 4. The van der Waals surface area contributed by atoms with Gasteiger partial charge in [0.15, 0.2) is 0 Å². The maximum absolute atomic E-state index is 12.6. The lowest BCUT2D eigenvalue weighted by Crippen LogP contribution is -2.20. The minimum Gasteiger partial charge on any atom is -0.383 e. The van der Waals surface area contributed by atoms with E-state index in [2.05, 4.69) is 34.4 Å². The zero-order valence-electron chi connectivity index (χ0n) is 18.1. The molecular weight excluding hydrogens is 424 g/mol. The fourth-order valence-electron chi connectivity index (χ4n) is 3.23. The van der Waals surface area contributed by atoms with Crippen LogP contribution in [0.4, 0.5) is 11.5 Å². The lowest BCUT2D eigenvalue weighted by molar-refractivity contribution is -0.116. The number of amides is 1. The maximum atomic E-state index is 12.6. The smallest absolute Gasteiger partial charge is 0.264 e. The minimum absolute atomic E-state index is 0.0367. The molecule has 2 aromatic heterocycles. The van der Waals surface area contributed by atoms with Crippen molar-refractivity contribution >= 4 is 29.2 Å². The third-order valence-electron chi connectivity index (χ3n) is 4.98. The van der Waals surface area contributed by atoms with E-state index < -0.39 is 0 Å². The zero-order chi connectivity index (χ0) is 22.7. The molecule has 3 N–H and O–H groups in total. The van der Waals surface area contributed by atoms with Gasteiger partial charge in [0.25, 0.3) is 5.89 Å². The van der Waals surface area contributed by atoms with E-state index in [0.717, 1.165) is 11.3 Å². The summed E-state index contributed by atoms with van der Waals surface area (Å²) in [5, 5.41) is 12.0. The molecule has 0 saturated carbocycles. The number of nitrogens with one attached hydrogen (secondary N) is 1. The van der Waals surface area contributed by atoms with E-state index in [-0.39, 0.29) is 18.3 Å². The molecule has 0 aliphatic heterocycles. The Morgan fingerprint density at radius 3 is 2.53 bits per heavy atom. The van der Waals surface area contributed by atoms with Crippen LogP contribution in [0.2, 0.25) is 0 Å². The molecule has 164 valence electrons.